The molecule has 4 rings (SSSR count). The van der Waals surface area contributed by atoms with Gasteiger partial charge in [-0.05, 0) is 41.7 Å². The van der Waals surface area contributed by atoms with E-state index in [0.29, 0.717) is 17.8 Å². The van der Waals surface area contributed by atoms with Crippen molar-refractivity contribution in [3.05, 3.63) is 83.7 Å². The van der Waals surface area contributed by atoms with E-state index in [0.717, 1.165) is 40.4 Å². The first-order valence-corrected chi connectivity index (χ1v) is 18.1. The quantitative estimate of drug-likeness (QED) is 0.128. The number of carbonyl (C=O) groups is 5. The Morgan fingerprint density at radius 1 is 1.06 bits per heavy atom. The average molecular weight is 757 g/mol. The molecule has 2 aromatic carbocycles. The Balaban J connectivity index is 1.50. The third-order valence-corrected chi connectivity index (χ3v) is 10.2. The van der Waals surface area contributed by atoms with Crippen LogP contribution in [0.2, 0.25) is 0 Å². The van der Waals surface area contributed by atoms with E-state index in [1.165, 1.54) is 4.90 Å². The maximum atomic E-state index is 15.0. The predicted molar refractivity (Wildman–Crippen MR) is 195 cm³/mol. The van der Waals surface area contributed by atoms with Gasteiger partial charge in [0.1, 0.15) is 24.3 Å². The molecular formula is C37H46F2N6O7S. The summed E-state index contributed by atoms with van der Waals surface area (Å²) in [7, 11) is 0. The van der Waals surface area contributed by atoms with Gasteiger partial charge in [0, 0.05) is 61.4 Å². The highest BCUT2D eigenvalue weighted by molar-refractivity contribution is 8.00. The molecule has 1 aliphatic rings. The number of benzene rings is 2. The molecule has 16 heteroatoms. The zero-order valence-corrected chi connectivity index (χ0v) is 30.7. The van der Waals surface area contributed by atoms with Gasteiger partial charge in [-0.2, -0.15) is 0 Å². The zero-order valence-electron chi connectivity index (χ0n) is 29.8. The number of halogens is 2. The van der Waals surface area contributed by atoms with Crippen molar-refractivity contribution >= 4 is 41.4 Å². The van der Waals surface area contributed by atoms with E-state index in [1.807, 2.05) is 55.7 Å². The van der Waals surface area contributed by atoms with Crippen LogP contribution < -0.4 is 16.8 Å². The summed E-state index contributed by atoms with van der Waals surface area (Å²) in [5.41, 5.74) is 13.0. The number of likely N-dealkylation sites (tertiary alicyclic amines) is 1. The molecule has 0 radical (unpaired) electrons. The Hall–Kier alpha value is -4.64. The molecule has 7 N–H and O–H groups in total. The van der Waals surface area contributed by atoms with E-state index in [-0.39, 0.29) is 43.8 Å². The Morgan fingerprint density at radius 3 is 2.40 bits per heavy atom. The van der Waals surface area contributed by atoms with Crippen molar-refractivity contribution in [1.82, 2.24) is 19.7 Å². The molecule has 1 aliphatic heterocycles. The van der Waals surface area contributed by atoms with Gasteiger partial charge in [-0.15, -0.1) is 11.8 Å². The number of amides is 4. The van der Waals surface area contributed by atoms with Crippen LogP contribution in [0.3, 0.4) is 0 Å². The van der Waals surface area contributed by atoms with Gasteiger partial charge in [0.05, 0.1) is 17.3 Å². The van der Waals surface area contributed by atoms with Gasteiger partial charge in [-0.1, -0.05) is 51.1 Å². The molecule has 53 heavy (non-hydrogen) atoms. The highest BCUT2D eigenvalue weighted by Gasteiger charge is 2.40. The van der Waals surface area contributed by atoms with Crippen molar-refractivity contribution in [1.29, 1.82) is 0 Å². The first-order chi connectivity index (χ1) is 25.0. The smallest absolute Gasteiger partial charge is 0.321 e. The lowest BCUT2D eigenvalue weighted by Crippen LogP contribution is -2.48. The van der Waals surface area contributed by atoms with E-state index < -0.39 is 76.6 Å². The summed E-state index contributed by atoms with van der Waals surface area (Å²) in [4.78, 5) is 65.1. The molecule has 4 unspecified atom stereocenters. The Kier molecular flexibility index (Phi) is 13.9. The highest BCUT2D eigenvalue weighted by Crippen LogP contribution is 2.41. The molecule has 0 saturated carbocycles. The number of aliphatic hydroxyl groups is 1. The molecule has 1 saturated heterocycles. The molecule has 4 atom stereocenters. The second-order valence-corrected chi connectivity index (χ2v) is 15.2. The SMILES string of the molecule is CC(C)(C)C(c1cc(-c2cc(F)ccc2F)cn1Cc1ccccc1)N(CCC(N)C(=O)NCCN1C(=O)CC(SCC(N)C(=O)O)C1=O)C(=O)CO. The Bertz CT molecular complexity index is 1800. The summed E-state index contributed by atoms with van der Waals surface area (Å²) in [6.45, 7) is 4.92. The Morgan fingerprint density at radius 2 is 1.75 bits per heavy atom. The number of nitrogens with one attached hydrogen (secondary N) is 1. The largest absolute Gasteiger partial charge is 0.480 e. The summed E-state index contributed by atoms with van der Waals surface area (Å²) in [5, 5.41) is 20.9. The maximum Gasteiger partial charge on any atom is 0.321 e. The van der Waals surface area contributed by atoms with E-state index >= 15 is 4.39 Å². The number of thioether (sulfide) groups is 1. The normalized spacial score (nSPS) is 16.4. The lowest BCUT2D eigenvalue weighted by Gasteiger charge is -2.41. The number of carboxylic acids is 1. The summed E-state index contributed by atoms with van der Waals surface area (Å²) < 4.78 is 31.2. The number of carbonyl (C=O) groups excluding carboxylic acids is 4. The lowest BCUT2D eigenvalue weighted by atomic mass is 9.82. The van der Waals surface area contributed by atoms with Crippen molar-refractivity contribution in [3.63, 3.8) is 0 Å². The molecule has 2 heterocycles. The van der Waals surface area contributed by atoms with Gasteiger partial charge >= 0.3 is 5.97 Å². The number of nitrogens with two attached hydrogens (primary N) is 2. The van der Waals surface area contributed by atoms with E-state index in [9.17, 15) is 33.5 Å². The number of nitrogens with zero attached hydrogens (tertiary/aromatic N) is 3. The van der Waals surface area contributed by atoms with Crippen LogP contribution >= 0.6 is 11.8 Å². The van der Waals surface area contributed by atoms with E-state index in [4.69, 9.17) is 16.6 Å². The standard InChI is InChI=1S/C37H46F2N6O7S/c1-37(2,3)33(29-15-23(25-16-24(38)9-10-26(25)39)19-43(29)18-22-7-5-4-6-8-22)44(32(48)20-46)13-11-27(40)34(49)42-12-14-45-31(47)17-30(35(45)50)53-21-28(41)36(51)52/h4-10,15-16,19,27-28,30,33,46H,11-14,17-18,20-21,40-41H2,1-3H3,(H,42,49)(H,51,52). The Labute approximate surface area is 310 Å². The monoisotopic (exact) mass is 756 g/mol. The second kappa shape index (κ2) is 17.9. The van der Waals surface area contributed by atoms with Gasteiger partial charge < -0.3 is 36.5 Å². The average Bonchev–Trinajstić information content (AvgIpc) is 3.63. The van der Waals surface area contributed by atoms with Crippen molar-refractivity contribution < 1.29 is 43.0 Å². The predicted octanol–water partition coefficient (Wildman–Crippen LogP) is 2.50. The number of aromatic nitrogens is 1. The van der Waals surface area contributed by atoms with Gasteiger partial charge in [0.25, 0.3) is 0 Å². The fourth-order valence-corrected chi connectivity index (χ4v) is 7.35. The molecule has 1 fully saturated rings. The van der Waals surface area contributed by atoms with Crippen LogP contribution in [-0.4, -0.2) is 104 Å². The van der Waals surface area contributed by atoms with E-state index in [1.54, 1.807) is 12.3 Å². The van der Waals surface area contributed by atoms with Crippen LogP contribution in [0.4, 0.5) is 8.78 Å². The van der Waals surface area contributed by atoms with Crippen LogP contribution in [0, 0.1) is 17.0 Å². The summed E-state index contributed by atoms with van der Waals surface area (Å²) >= 11 is 0.990. The van der Waals surface area contributed by atoms with Gasteiger partial charge in [-0.25, -0.2) is 8.78 Å². The molecule has 0 aliphatic carbocycles. The summed E-state index contributed by atoms with van der Waals surface area (Å²) in [6.07, 6.45) is 1.56. The maximum absolute atomic E-state index is 15.0. The van der Waals surface area contributed by atoms with Crippen molar-refractivity contribution in [2.45, 2.75) is 63.5 Å². The third kappa shape index (κ3) is 10.5. The number of carboxylic acid groups (broad SMARTS) is 1. The van der Waals surface area contributed by atoms with Crippen LogP contribution in [0.15, 0.2) is 60.8 Å². The van der Waals surface area contributed by atoms with Gasteiger partial charge in [0.2, 0.25) is 23.6 Å². The minimum atomic E-state index is -1.22. The van der Waals surface area contributed by atoms with Crippen LogP contribution in [0.5, 0.6) is 0 Å². The number of rotatable bonds is 17. The van der Waals surface area contributed by atoms with Crippen molar-refractivity contribution in [2.75, 3.05) is 32.0 Å². The number of hydrogen-bond acceptors (Lipinski definition) is 9. The summed E-state index contributed by atoms with van der Waals surface area (Å²) in [5.74, 6) is -4.68. The lowest BCUT2D eigenvalue weighted by molar-refractivity contribution is -0.140. The zero-order chi connectivity index (χ0) is 39.0. The minimum Gasteiger partial charge on any atom is -0.480 e. The first-order valence-electron chi connectivity index (χ1n) is 17.1. The topological polar surface area (TPSA) is 201 Å². The van der Waals surface area contributed by atoms with Gasteiger partial charge in [0.15, 0.2) is 0 Å². The van der Waals surface area contributed by atoms with Crippen molar-refractivity contribution in [3.8, 4) is 11.1 Å². The molecule has 13 nitrogen and oxygen atoms in total. The van der Waals surface area contributed by atoms with E-state index in [2.05, 4.69) is 5.32 Å². The second-order valence-electron chi connectivity index (χ2n) is 13.9. The van der Waals surface area contributed by atoms with Crippen LogP contribution in [-0.2, 0) is 30.5 Å². The summed E-state index contributed by atoms with van der Waals surface area (Å²) in [6, 6.07) is 11.3. The number of aliphatic carboxylic acids is 1. The first kappa shape index (κ1) is 41.1. The number of hydrogen-bond donors (Lipinski definition) is 5. The molecule has 0 bridgehead atoms. The molecular weight excluding hydrogens is 711 g/mol. The van der Waals surface area contributed by atoms with Crippen LogP contribution in [0.1, 0.15) is 50.9 Å². The fourth-order valence-electron chi connectivity index (χ4n) is 6.24. The molecule has 0 spiro atoms. The number of imide groups is 1. The van der Waals surface area contributed by atoms with Crippen LogP contribution in [0.25, 0.3) is 11.1 Å². The number of aliphatic hydroxyl groups excluding tert-OH is 1. The third-order valence-electron chi connectivity index (χ3n) is 8.88. The van der Waals surface area contributed by atoms with Gasteiger partial charge in [-0.3, -0.25) is 28.9 Å². The fraction of sp³-hybridized carbons (Fsp3) is 0.432. The van der Waals surface area contributed by atoms with Crippen molar-refractivity contribution in [2.24, 2.45) is 16.9 Å². The molecule has 4 amide bonds. The minimum absolute atomic E-state index is 0.0287. The molecule has 1 aromatic heterocycles. The molecule has 286 valence electrons. The molecule has 3 aromatic rings. The highest BCUT2D eigenvalue weighted by atomic mass is 32.2.